The van der Waals surface area contributed by atoms with Gasteiger partial charge in [0, 0.05) is 10.9 Å². The largest absolute Gasteiger partial charge is 0.453 e. The zero-order valence-electron chi connectivity index (χ0n) is 14.1. The smallest absolute Gasteiger partial charge is 0.348 e. The highest BCUT2D eigenvalue weighted by Crippen LogP contribution is 2.31. The number of nitrogens with one attached hydrogen (secondary N) is 1. The number of esters is 1. The van der Waals surface area contributed by atoms with E-state index in [0.717, 1.165) is 33.5 Å². The molecule has 0 saturated heterocycles. The molecule has 0 atom stereocenters. The molecule has 4 aromatic rings. The number of para-hydroxylation sites is 1. The maximum absolute atomic E-state index is 12.9. The standard InChI is InChI=1S/C21H14ClNO3S/c22-18-11-10-17(27-18)21(25)26-12-16(24)19-14-8-4-5-9-15(14)23-20(19)13-6-2-1-3-7-13/h1-11,23H,12H2. The van der Waals surface area contributed by atoms with Gasteiger partial charge in [-0.15, -0.1) is 11.3 Å². The van der Waals surface area contributed by atoms with Crippen LogP contribution in [0.1, 0.15) is 20.0 Å². The number of carbonyl (C=O) groups is 2. The molecule has 0 amide bonds. The molecule has 2 aromatic heterocycles. The van der Waals surface area contributed by atoms with Crippen molar-refractivity contribution in [1.29, 1.82) is 0 Å². The summed E-state index contributed by atoms with van der Waals surface area (Å²) < 4.78 is 5.71. The van der Waals surface area contributed by atoms with Crippen molar-refractivity contribution < 1.29 is 14.3 Å². The van der Waals surface area contributed by atoms with Crippen LogP contribution in [0.5, 0.6) is 0 Å². The van der Waals surface area contributed by atoms with Gasteiger partial charge in [0.15, 0.2) is 6.61 Å². The van der Waals surface area contributed by atoms with Crippen molar-refractivity contribution in [2.75, 3.05) is 6.61 Å². The Morgan fingerprint density at radius 3 is 2.44 bits per heavy atom. The molecule has 0 aliphatic rings. The first-order valence-electron chi connectivity index (χ1n) is 8.25. The highest BCUT2D eigenvalue weighted by molar-refractivity contribution is 7.17. The normalized spacial score (nSPS) is 10.9. The van der Waals surface area contributed by atoms with Gasteiger partial charge in [-0.05, 0) is 23.8 Å². The maximum Gasteiger partial charge on any atom is 0.348 e. The second-order valence-corrected chi connectivity index (χ2v) is 7.60. The van der Waals surface area contributed by atoms with Gasteiger partial charge in [-0.3, -0.25) is 4.79 Å². The molecule has 0 aliphatic heterocycles. The zero-order valence-corrected chi connectivity index (χ0v) is 15.6. The SMILES string of the molecule is O=C(OCC(=O)c1c(-c2ccccc2)[nH]c2ccccc12)c1ccc(Cl)s1. The van der Waals surface area contributed by atoms with Gasteiger partial charge in [0.1, 0.15) is 4.88 Å². The average molecular weight is 396 g/mol. The summed E-state index contributed by atoms with van der Waals surface area (Å²) >= 11 is 6.96. The summed E-state index contributed by atoms with van der Waals surface area (Å²) in [6, 6.07) is 20.4. The molecular weight excluding hydrogens is 382 g/mol. The van der Waals surface area contributed by atoms with Crippen LogP contribution in [0.25, 0.3) is 22.2 Å². The number of halogens is 1. The number of carbonyl (C=O) groups excluding carboxylic acids is 2. The third-order valence-corrected chi connectivity index (χ3v) is 5.37. The van der Waals surface area contributed by atoms with Gasteiger partial charge in [-0.2, -0.15) is 0 Å². The van der Waals surface area contributed by atoms with E-state index in [4.69, 9.17) is 16.3 Å². The Balaban J connectivity index is 1.65. The minimum atomic E-state index is -0.554. The van der Waals surface area contributed by atoms with Crippen molar-refractivity contribution in [2.24, 2.45) is 0 Å². The van der Waals surface area contributed by atoms with E-state index in [9.17, 15) is 9.59 Å². The summed E-state index contributed by atoms with van der Waals surface area (Å²) in [6.45, 7) is -0.337. The lowest BCUT2D eigenvalue weighted by atomic mass is 10.0. The van der Waals surface area contributed by atoms with Crippen LogP contribution in [-0.2, 0) is 4.74 Å². The number of Topliss-reactive ketones (excluding diaryl/α,β-unsaturated/α-hetero) is 1. The molecule has 0 bridgehead atoms. The summed E-state index contributed by atoms with van der Waals surface area (Å²) in [7, 11) is 0. The second kappa shape index (κ2) is 7.39. The quantitative estimate of drug-likeness (QED) is 0.354. The molecule has 6 heteroatoms. The van der Waals surface area contributed by atoms with Gasteiger partial charge in [-0.25, -0.2) is 4.79 Å². The molecule has 0 spiro atoms. The summed E-state index contributed by atoms with van der Waals surface area (Å²) in [6.07, 6.45) is 0. The summed E-state index contributed by atoms with van der Waals surface area (Å²) in [5, 5.41) is 0.802. The van der Waals surface area contributed by atoms with Crippen molar-refractivity contribution in [3.05, 3.63) is 81.5 Å². The first-order valence-corrected chi connectivity index (χ1v) is 9.45. The van der Waals surface area contributed by atoms with Crippen LogP contribution in [0, 0.1) is 0 Å². The Hall–Kier alpha value is -2.89. The fourth-order valence-electron chi connectivity index (χ4n) is 2.95. The molecule has 27 heavy (non-hydrogen) atoms. The molecule has 2 heterocycles. The topological polar surface area (TPSA) is 59.2 Å². The van der Waals surface area contributed by atoms with E-state index in [1.165, 1.54) is 0 Å². The van der Waals surface area contributed by atoms with Crippen LogP contribution in [0.2, 0.25) is 4.34 Å². The van der Waals surface area contributed by atoms with E-state index >= 15 is 0 Å². The van der Waals surface area contributed by atoms with Gasteiger partial charge >= 0.3 is 5.97 Å². The maximum atomic E-state index is 12.9. The third-order valence-electron chi connectivity index (χ3n) is 4.16. The van der Waals surface area contributed by atoms with E-state index in [1.807, 2.05) is 54.6 Å². The van der Waals surface area contributed by atoms with E-state index in [1.54, 1.807) is 12.1 Å². The molecule has 0 aliphatic carbocycles. The predicted octanol–water partition coefficient (Wildman–Crippen LogP) is 5.59. The van der Waals surface area contributed by atoms with E-state index in [0.29, 0.717) is 14.8 Å². The lowest BCUT2D eigenvalue weighted by Gasteiger charge is -2.06. The summed E-state index contributed by atoms with van der Waals surface area (Å²) in [4.78, 5) is 28.7. The van der Waals surface area contributed by atoms with Gasteiger partial charge in [0.25, 0.3) is 0 Å². The molecule has 1 N–H and O–H groups in total. The molecule has 4 nitrogen and oxygen atoms in total. The van der Waals surface area contributed by atoms with Crippen molar-refractivity contribution in [2.45, 2.75) is 0 Å². The first kappa shape index (κ1) is 17.5. The molecule has 0 fully saturated rings. The number of fused-ring (bicyclic) bond motifs is 1. The number of thiophene rings is 1. The fraction of sp³-hybridized carbons (Fsp3) is 0.0476. The lowest BCUT2D eigenvalue weighted by molar-refractivity contribution is 0.0480. The second-order valence-electron chi connectivity index (χ2n) is 5.89. The number of H-pyrrole nitrogens is 1. The Labute approximate surface area is 164 Å². The van der Waals surface area contributed by atoms with Crippen molar-refractivity contribution >= 4 is 45.6 Å². The highest BCUT2D eigenvalue weighted by Gasteiger charge is 2.21. The van der Waals surface area contributed by atoms with Crippen LogP contribution in [0.4, 0.5) is 0 Å². The molecular formula is C21H14ClNO3S. The van der Waals surface area contributed by atoms with Crippen LogP contribution in [-0.4, -0.2) is 23.3 Å². The van der Waals surface area contributed by atoms with Crippen molar-refractivity contribution in [3.63, 3.8) is 0 Å². The average Bonchev–Trinajstić information content (AvgIpc) is 3.30. The third kappa shape index (κ3) is 3.52. The Bertz CT molecular complexity index is 1130. The number of ether oxygens (including phenoxy) is 1. The summed E-state index contributed by atoms with van der Waals surface area (Å²) in [5.41, 5.74) is 3.00. The highest BCUT2D eigenvalue weighted by atomic mass is 35.5. The van der Waals surface area contributed by atoms with Crippen LogP contribution < -0.4 is 0 Å². The monoisotopic (exact) mass is 395 g/mol. The molecule has 0 radical (unpaired) electrons. The lowest BCUT2D eigenvalue weighted by Crippen LogP contribution is -2.14. The zero-order chi connectivity index (χ0) is 18.8. The van der Waals surface area contributed by atoms with Crippen LogP contribution >= 0.6 is 22.9 Å². The van der Waals surface area contributed by atoms with Gasteiger partial charge < -0.3 is 9.72 Å². The Kier molecular flexibility index (Phi) is 4.79. The minimum absolute atomic E-state index is 0.262. The first-order chi connectivity index (χ1) is 13.1. The van der Waals surface area contributed by atoms with E-state index < -0.39 is 5.97 Å². The Morgan fingerprint density at radius 1 is 0.963 bits per heavy atom. The Morgan fingerprint density at radius 2 is 1.70 bits per heavy atom. The number of benzene rings is 2. The number of aromatic amines is 1. The van der Waals surface area contributed by atoms with Crippen LogP contribution in [0.15, 0.2) is 66.7 Å². The molecule has 2 aromatic carbocycles. The summed E-state index contributed by atoms with van der Waals surface area (Å²) in [5.74, 6) is -0.816. The van der Waals surface area contributed by atoms with Crippen molar-refractivity contribution in [1.82, 2.24) is 4.98 Å². The van der Waals surface area contributed by atoms with Gasteiger partial charge in [0.2, 0.25) is 5.78 Å². The molecule has 4 rings (SSSR count). The molecule has 0 saturated carbocycles. The van der Waals surface area contributed by atoms with Crippen molar-refractivity contribution in [3.8, 4) is 11.3 Å². The van der Waals surface area contributed by atoms with E-state index in [-0.39, 0.29) is 12.4 Å². The van der Waals surface area contributed by atoms with Crippen LogP contribution in [0.3, 0.4) is 0 Å². The number of ketones is 1. The van der Waals surface area contributed by atoms with Gasteiger partial charge in [-0.1, -0.05) is 60.1 Å². The number of hydrogen-bond acceptors (Lipinski definition) is 4. The van der Waals surface area contributed by atoms with Gasteiger partial charge in [0.05, 0.1) is 15.6 Å². The fourth-order valence-corrected chi connectivity index (χ4v) is 3.89. The number of hydrogen-bond donors (Lipinski definition) is 1. The molecule has 0 unspecified atom stereocenters. The molecule has 134 valence electrons. The number of rotatable bonds is 5. The predicted molar refractivity (Wildman–Crippen MR) is 108 cm³/mol. The number of aromatic nitrogens is 1. The van der Waals surface area contributed by atoms with E-state index in [2.05, 4.69) is 4.98 Å². The minimum Gasteiger partial charge on any atom is -0.453 e.